The number of nitrogens with zero attached hydrogens (tertiary/aromatic N) is 1. The number of hydrogen-bond acceptors (Lipinski definition) is 1. The van der Waals surface area contributed by atoms with E-state index in [1.165, 1.54) is 6.07 Å². The molecule has 0 aliphatic rings. The van der Waals surface area contributed by atoms with Crippen molar-refractivity contribution in [1.82, 2.24) is 9.97 Å². The van der Waals surface area contributed by atoms with E-state index in [1.807, 2.05) is 6.92 Å². The van der Waals surface area contributed by atoms with E-state index in [2.05, 4.69) is 25.9 Å². The van der Waals surface area contributed by atoms with Gasteiger partial charge in [-0.25, -0.2) is 4.98 Å². The maximum atomic E-state index is 12.5. The average molecular weight is 305 g/mol. The molecule has 17 heavy (non-hydrogen) atoms. The Bertz CT molecular complexity index is 546. The number of H-pyrrole nitrogens is 1. The molecule has 6 heteroatoms. The molecule has 2 rings (SSSR count). The predicted molar refractivity (Wildman–Crippen MR) is 61.5 cm³/mol. The SMILES string of the molecule is Cc1cnc(-c2ccc(C(F)(F)F)cc2Br)[nH]1. The number of aromatic amines is 1. The molecule has 0 saturated heterocycles. The van der Waals surface area contributed by atoms with Gasteiger partial charge in [0.2, 0.25) is 0 Å². The summed E-state index contributed by atoms with van der Waals surface area (Å²) >= 11 is 3.13. The standard InChI is InChI=1S/C11H8BrF3N2/c1-6-5-16-10(17-6)8-3-2-7(4-9(8)12)11(13,14)15/h2-5H,1H3,(H,16,17). The monoisotopic (exact) mass is 304 g/mol. The average Bonchev–Trinajstić information content (AvgIpc) is 2.63. The van der Waals surface area contributed by atoms with Crippen LogP contribution < -0.4 is 0 Å². The van der Waals surface area contributed by atoms with Crippen molar-refractivity contribution in [2.24, 2.45) is 0 Å². The second-order valence-corrected chi connectivity index (χ2v) is 4.46. The molecule has 0 spiro atoms. The lowest BCUT2D eigenvalue weighted by molar-refractivity contribution is -0.137. The predicted octanol–water partition coefficient (Wildman–Crippen LogP) is 4.17. The highest BCUT2D eigenvalue weighted by atomic mass is 79.9. The van der Waals surface area contributed by atoms with Crippen LogP contribution in [-0.2, 0) is 6.18 Å². The zero-order valence-corrected chi connectivity index (χ0v) is 10.4. The van der Waals surface area contributed by atoms with E-state index in [0.29, 0.717) is 15.9 Å². The molecule has 1 heterocycles. The van der Waals surface area contributed by atoms with Gasteiger partial charge >= 0.3 is 6.18 Å². The third-order valence-electron chi connectivity index (χ3n) is 2.25. The molecule has 0 unspecified atom stereocenters. The van der Waals surface area contributed by atoms with Gasteiger partial charge < -0.3 is 4.98 Å². The zero-order valence-electron chi connectivity index (χ0n) is 8.77. The van der Waals surface area contributed by atoms with Crippen molar-refractivity contribution in [3.05, 3.63) is 40.1 Å². The van der Waals surface area contributed by atoms with Crippen LogP contribution in [-0.4, -0.2) is 9.97 Å². The van der Waals surface area contributed by atoms with Gasteiger partial charge in [-0.1, -0.05) is 15.9 Å². The van der Waals surface area contributed by atoms with Gasteiger partial charge in [0, 0.05) is 21.9 Å². The number of benzene rings is 1. The molecule has 2 aromatic rings. The minimum absolute atomic E-state index is 0.363. The van der Waals surface area contributed by atoms with Gasteiger partial charge in [0.05, 0.1) is 5.56 Å². The fraction of sp³-hybridized carbons (Fsp3) is 0.182. The lowest BCUT2D eigenvalue weighted by atomic mass is 10.1. The first-order valence-electron chi connectivity index (χ1n) is 4.76. The molecule has 0 radical (unpaired) electrons. The summed E-state index contributed by atoms with van der Waals surface area (Å²) in [6.07, 6.45) is -2.71. The van der Waals surface area contributed by atoms with Crippen LogP contribution in [0.4, 0.5) is 13.2 Å². The minimum atomic E-state index is -4.33. The highest BCUT2D eigenvalue weighted by Crippen LogP contribution is 2.34. The highest BCUT2D eigenvalue weighted by molar-refractivity contribution is 9.10. The summed E-state index contributed by atoms with van der Waals surface area (Å²) in [5, 5.41) is 0. The fourth-order valence-corrected chi connectivity index (χ4v) is 2.00. The number of aromatic nitrogens is 2. The minimum Gasteiger partial charge on any atom is -0.342 e. The summed E-state index contributed by atoms with van der Waals surface area (Å²) < 4.78 is 37.7. The molecule has 1 aromatic carbocycles. The molecule has 0 aliphatic heterocycles. The van der Waals surface area contributed by atoms with Crippen LogP contribution in [0.15, 0.2) is 28.9 Å². The number of imidazole rings is 1. The molecule has 1 N–H and O–H groups in total. The molecule has 2 nitrogen and oxygen atoms in total. The summed E-state index contributed by atoms with van der Waals surface area (Å²) in [7, 11) is 0. The van der Waals surface area contributed by atoms with Crippen molar-refractivity contribution < 1.29 is 13.2 Å². The first kappa shape index (κ1) is 12.2. The van der Waals surface area contributed by atoms with Crippen LogP contribution in [0.3, 0.4) is 0 Å². The normalized spacial score (nSPS) is 11.8. The first-order chi connectivity index (χ1) is 7.88. The maximum absolute atomic E-state index is 12.5. The molecule has 0 fully saturated rings. The first-order valence-corrected chi connectivity index (χ1v) is 5.56. The second kappa shape index (κ2) is 4.18. The van der Waals surface area contributed by atoms with E-state index >= 15 is 0 Å². The molecule has 90 valence electrons. The Morgan fingerprint density at radius 1 is 1.29 bits per heavy atom. The zero-order chi connectivity index (χ0) is 12.6. The molecule has 0 saturated carbocycles. The Labute approximate surface area is 104 Å². The van der Waals surface area contributed by atoms with Gasteiger partial charge in [0.1, 0.15) is 5.82 Å². The number of halogens is 4. The Kier molecular flexibility index (Phi) is 2.99. The number of nitrogens with one attached hydrogen (secondary N) is 1. The van der Waals surface area contributed by atoms with E-state index in [0.717, 1.165) is 17.8 Å². The Balaban J connectivity index is 2.45. The smallest absolute Gasteiger partial charge is 0.342 e. The van der Waals surface area contributed by atoms with Crippen LogP contribution in [0.1, 0.15) is 11.3 Å². The van der Waals surface area contributed by atoms with Crippen molar-refractivity contribution >= 4 is 15.9 Å². The van der Waals surface area contributed by atoms with Gasteiger partial charge in [-0.2, -0.15) is 13.2 Å². The van der Waals surface area contributed by atoms with Crippen LogP contribution in [0, 0.1) is 6.92 Å². The summed E-state index contributed by atoms with van der Waals surface area (Å²) in [4.78, 5) is 7.04. The van der Waals surface area contributed by atoms with Crippen LogP contribution in [0.25, 0.3) is 11.4 Å². The highest BCUT2D eigenvalue weighted by Gasteiger charge is 2.30. The molecule has 0 bridgehead atoms. The van der Waals surface area contributed by atoms with Crippen molar-refractivity contribution in [3.63, 3.8) is 0 Å². The molecule has 0 atom stereocenters. The van der Waals surface area contributed by atoms with Gasteiger partial charge in [-0.15, -0.1) is 0 Å². The van der Waals surface area contributed by atoms with Crippen LogP contribution in [0.5, 0.6) is 0 Å². The molecular weight excluding hydrogens is 297 g/mol. The third-order valence-corrected chi connectivity index (χ3v) is 2.91. The van der Waals surface area contributed by atoms with Crippen LogP contribution in [0.2, 0.25) is 0 Å². The summed E-state index contributed by atoms with van der Waals surface area (Å²) in [6.45, 7) is 1.83. The molecule has 0 amide bonds. The lowest BCUT2D eigenvalue weighted by Gasteiger charge is -2.08. The number of aryl methyl sites for hydroxylation is 1. The second-order valence-electron chi connectivity index (χ2n) is 3.61. The lowest BCUT2D eigenvalue weighted by Crippen LogP contribution is -2.04. The van der Waals surface area contributed by atoms with Crippen molar-refractivity contribution in [1.29, 1.82) is 0 Å². The Hall–Kier alpha value is -1.30. The summed E-state index contributed by atoms with van der Waals surface area (Å²) in [5.74, 6) is 0.545. The van der Waals surface area contributed by atoms with Gasteiger partial charge in [-0.3, -0.25) is 0 Å². The van der Waals surface area contributed by atoms with Crippen LogP contribution >= 0.6 is 15.9 Å². The summed E-state index contributed by atoms with van der Waals surface area (Å²) in [5.41, 5.74) is 0.773. The van der Waals surface area contributed by atoms with Crippen molar-refractivity contribution in [3.8, 4) is 11.4 Å². The van der Waals surface area contributed by atoms with E-state index in [-0.39, 0.29) is 0 Å². The number of rotatable bonds is 1. The number of alkyl halides is 3. The fourth-order valence-electron chi connectivity index (χ4n) is 1.43. The van der Waals surface area contributed by atoms with Gasteiger partial charge in [-0.05, 0) is 25.1 Å². The molecule has 1 aromatic heterocycles. The van der Waals surface area contributed by atoms with E-state index in [1.54, 1.807) is 6.20 Å². The maximum Gasteiger partial charge on any atom is 0.416 e. The Morgan fingerprint density at radius 2 is 2.00 bits per heavy atom. The summed E-state index contributed by atoms with van der Waals surface area (Å²) in [6, 6.07) is 3.48. The van der Waals surface area contributed by atoms with Crippen molar-refractivity contribution in [2.45, 2.75) is 13.1 Å². The third kappa shape index (κ3) is 2.52. The van der Waals surface area contributed by atoms with Gasteiger partial charge in [0.25, 0.3) is 0 Å². The Morgan fingerprint density at radius 3 is 2.47 bits per heavy atom. The van der Waals surface area contributed by atoms with E-state index in [4.69, 9.17) is 0 Å². The molecular formula is C11H8BrF3N2. The topological polar surface area (TPSA) is 28.7 Å². The number of hydrogen-bond donors (Lipinski definition) is 1. The van der Waals surface area contributed by atoms with Crippen molar-refractivity contribution in [2.75, 3.05) is 0 Å². The quantitative estimate of drug-likeness (QED) is 0.842. The molecule has 0 aliphatic carbocycles. The van der Waals surface area contributed by atoms with Gasteiger partial charge in [0.15, 0.2) is 0 Å². The van der Waals surface area contributed by atoms with E-state index < -0.39 is 11.7 Å². The largest absolute Gasteiger partial charge is 0.416 e. The van der Waals surface area contributed by atoms with E-state index in [9.17, 15) is 13.2 Å².